The number of halogens is 1. The summed E-state index contributed by atoms with van der Waals surface area (Å²) in [5, 5.41) is 30.5. The minimum Gasteiger partial charge on any atom is -0.508 e. The summed E-state index contributed by atoms with van der Waals surface area (Å²) in [6.45, 7) is 0. The van der Waals surface area contributed by atoms with Crippen molar-refractivity contribution in [2.75, 3.05) is 5.75 Å². The maximum Gasteiger partial charge on any atom is 0.329 e. The lowest BCUT2D eigenvalue weighted by Gasteiger charge is -2.26. The highest BCUT2D eigenvalue weighted by molar-refractivity contribution is 8.41. The highest BCUT2D eigenvalue weighted by Crippen LogP contribution is 2.61. The molecule has 0 radical (unpaired) electrons. The molecular formula is C18H14FN3O5S2. The summed E-state index contributed by atoms with van der Waals surface area (Å²) in [5.74, 6) is -1.89. The Kier molecular flexibility index (Phi) is 4.71. The average molecular weight is 435 g/mol. The minimum absolute atomic E-state index is 0.0308. The maximum absolute atomic E-state index is 16.2. The Morgan fingerprint density at radius 1 is 1.34 bits per heavy atom. The second-order valence-corrected chi connectivity index (χ2v) is 10.1. The van der Waals surface area contributed by atoms with Crippen LogP contribution in [0, 0.1) is 10.1 Å². The molecule has 1 aromatic heterocycles. The largest absolute Gasteiger partial charge is 0.508 e. The minimum atomic E-state index is -3.31. The highest BCUT2D eigenvalue weighted by atomic mass is 32.3. The SMILES string of the molecule is O=C(O)[C@H]1CS(F)(Cc2ccccc2[N+](=O)[O-])C(c2nc3ccc(O)cc3s2)=N1. The van der Waals surface area contributed by atoms with Crippen molar-refractivity contribution >= 4 is 48.7 Å². The number of carboxylic acid groups (broad SMARTS) is 1. The second-order valence-electron chi connectivity index (χ2n) is 6.44. The number of phenolic OH excluding ortho intramolecular Hbond substituents is 1. The van der Waals surface area contributed by atoms with Crippen LogP contribution in [0.3, 0.4) is 0 Å². The number of thiazole rings is 1. The van der Waals surface area contributed by atoms with Gasteiger partial charge in [-0.05, 0) is 28.6 Å². The Hall–Kier alpha value is -3.05. The average Bonchev–Trinajstić information content (AvgIpc) is 3.22. The van der Waals surface area contributed by atoms with Crippen LogP contribution in [0.1, 0.15) is 10.6 Å². The van der Waals surface area contributed by atoms with E-state index in [0.29, 0.717) is 10.2 Å². The van der Waals surface area contributed by atoms with Crippen molar-refractivity contribution in [3.8, 4) is 5.75 Å². The van der Waals surface area contributed by atoms with Gasteiger partial charge in [-0.3, -0.25) is 15.1 Å². The van der Waals surface area contributed by atoms with Crippen LogP contribution in [0.2, 0.25) is 0 Å². The van der Waals surface area contributed by atoms with Crippen molar-refractivity contribution in [1.29, 1.82) is 0 Å². The molecule has 8 nitrogen and oxygen atoms in total. The third-order valence-corrected chi connectivity index (χ3v) is 8.21. The van der Waals surface area contributed by atoms with Crippen LogP contribution in [0.5, 0.6) is 5.75 Å². The first-order valence-electron chi connectivity index (χ1n) is 8.38. The number of hydrogen-bond donors (Lipinski definition) is 2. The van der Waals surface area contributed by atoms with Gasteiger partial charge in [-0.1, -0.05) is 18.2 Å². The van der Waals surface area contributed by atoms with Crippen LogP contribution in [-0.2, 0) is 10.5 Å². The predicted molar refractivity (Wildman–Crippen MR) is 110 cm³/mol. The third kappa shape index (κ3) is 3.54. The number of fused-ring (bicyclic) bond motifs is 1. The summed E-state index contributed by atoms with van der Waals surface area (Å²) in [6.07, 6.45) is 0. The number of aromatic nitrogens is 1. The molecule has 1 aliphatic rings. The topological polar surface area (TPSA) is 126 Å². The lowest BCUT2D eigenvalue weighted by atomic mass is 10.2. The zero-order valence-corrected chi connectivity index (χ0v) is 16.3. The van der Waals surface area contributed by atoms with E-state index in [1.807, 2.05) is 0 Å². The third-order valence-electron chi connectivity index (χ3n) is 4.45. The Balaban J connectivity index is 1.79. The molecule has 4 rings (SSSR count). The molecule has 0 saturated carbocycles. The van der Waals surface area contributed by atoms with Gasteiger partial charge >= 0.3 is 5.97 Å². The number of nitro benzene ring substituents is 1. The van der Waals surface area contributed by atoms with Gasteiger partial charge in [-0.25, -0.2) is 9.78 Å². The van der Waals surface area contributed by atoms with E-state index in [0.717, 1.165) is 11.3 Å². The quantitative estimate of drug-likeness (QED) is 0.461. The molecule has 1 unspecified atom stereocenters. The lowest BCUT2D eigenvalue weighted by Crippen LogP contribution is -2.20. The van der Waals surface area contributed by atoms with Gasteiger partial charge in [0.1, 0.15) is 15.8 Å². The molecule has 0 saturated heterocycles. The Labute approximate surface area is 169 Å². The van der Waals surface area contributed by atoms with Crippen LogP contribution in [0.25, 0.3) is 10.2 Å². The van der Waals surface area contributed by atoms with E-state index in [4.69, 9.17) is 0 Å². The fourth-order valence-corrected chi connectivity index (χ4v) is 7.14. The van der Waals surface area contributed by atoms with Crippen molar-refractivity contribution < 1.29 is 23.8 Å². The van der Waals surface area contributed by atoms with E-state index in [9.17, 15) is 25.1 Å². The number of nitro groups is 1. The number of phenols is 1. The van der Waals surface area contributed by atoms with Gasteiger partial charge in [0, 0.05) is 23.1 Å². The molecule has 3 aromatic rings. The van der Waals surface area contributed by atoms with E-state index in [1.165, 1.54) is 30.3 Å². The molecule has 2 N–H and O–H groups in total. The highest BCUT2D eigenvalue weighted by Gasteiger charge is 2.45. The zero-order valence-electron chi connectivity index (χ0n) is 14.7. The first-order valence-corrected chi connectivity index (χ1v) is 11.1. The summed E-state index contributed by atoms with van der Waals surface area (Å²) in [4.78, 5) is 30.7. The molecule has 150 valence electrons. The number of carbonyl (C=O) groups is 1. The van der Waals surface area contributed by atoms with Crippen LogP contribution in [0.15, 0.2) is 47.5 Å². The second kappa shape index (κ2) is 7.08. The van der Waals surface area contributed by atoms with Crippen molar-refractivity contribution in [3.63, 3.8) is 0 Å². The molecule has 29 heavy (non-hydrogen) atoms. The van der Waals surface area contributed by atoms with Crippen LogP contribution in [-0.4, -0.2) is 42.9 Å². The van der Waals surface area contributed by atoms with Crippen LogP contribution in [0.4, 0.5) is 9.57 Å². The van der Waals surface area contributed by atoms with Crippen molar-refractivity contribution in [1.82, 2.24) is 4.98 Å². The van der Waals surface area contributed by atoms with Gasteiger partial charge in [-0.2, -0.15) is 3.89 Å². The van der Waals surface area contributed by atoms with E-state index in [1.54, 1.807) is 12.1 Å². The molecule has 0 aliphatic carbocycles. The van der Waals surface area contributed by atoms with Gasteiger partial charge in [0.25, 0.3) is 5.69 Å². The van der Waals surface area contributed by atoms with Gasteiger partial charge in [-0.15, -0.1) is 11.3 Å². The number of para-hydroxylation sites is 1. The monoisotopic (exact) mass is 435 g/mol. The summed E-state index contributed by atoms with van der Waals surface area (Å²) in [6, 6.07) is 9.06. The predicted octanol–water partition coefficient (Wildman–Crippen LogP) is 4.01. The molecule has 0 fully saturated rings. The normalized spacial score (nSPS) is 23.5. The summed E-state index contributed by atoms with van der Waals surface area (Å²) in [7, 11) is -3.31. The first-order chi connectivity index (χ1) is 13.8. The number of carboxylic acids is 1. The molecule has 2 atom stereocenters. The Morgan fingerprint density at radius 3 is 2.83 bits per heavy atom. The number of aromatic hydroxyl groups is 1. The van der Waals surface area contributed by atoms with Gasteiger partial charge < -0.3 is 10.2 Å². The fourth-order valence-electron chi connectivity index (χ4n) is 3.13. The van der Waals surface area contributed by atoms with E-state index >= 15 is 3.89 Å². The zero-order chi connectivity index (χ0) is 20.8. The van der Waals surface area contributed by atoms with Gasteiger partial charge in [0.2, 0.25) is 0 Å². The van der Waals surface area contributed by atoms with Gasteiger partial charge in [0.15, 0.2) is 6.04 Å². The van der Waals surface area contributed by atoms with E-state index < -0.39 is 27.3 Å². The number of rotatable bonds is 5. The molecule has 0 bridgehead atoms. The Bertz CT molecular complexity index is 1180. The summed E-state index contributed by atoms with van der Waals surface area (Å²) in [5.41, 5.74) is 0.494. The number of hydrogen-bond acceptors (Lipinski definition) is 7. The molecule has 11 heteroatoms. The fraction of sp³-hybridized carbons (Fsp3) is 0.167. The molecular weight excluding hydrogens is 421 g/mol. The van der Waals surface area contributed by atoms with Crippen molar-refractivity contribution in [2.45, 2.75) is 11.8 Å². The smallest absolute Gasteiger partial charge is 0.329 e. The molecule has 2 heterocycles. The van der Waals surface area contributed by atoms with E-state index in [-0.39, 0.29) is 38.6 Å². The first kappa shape index (κ1) is 19.3. The molecule has 0 spiro atoms. The molecule has 2 aromatic carbocycles. The summed E-state index contributed by atoms with van der Waals surface area (Å²) >= 11 is 1.10. The van der Waals surface area contributed by atoms with Crippen molar-refractivity contribution in [3.05, 3.63) is 63.1 Å². The number of aliphatic imine (C=N–C) groups is 1. The van der Waals surface area contributed by atoms with Crippen LogP contribution >= 0.6 is 21.8 Å². The Morgan fingerprint density at radius 2 is 2.10 bits per heavy atom. The van der Waals surface area contributed by atoms with Gasteiger partial charge in [0.05, 0.1) is 15.1 Å². The number of aliphatic carboxylic acids is 1. The number of benzene rings is 2. The standard InChI is InChI=1S/C18H14FN3O5S2/c19-29(8-10-3-1-2-4-14(10)22(26)27)9-13(18(24)25)21-17(29)16-20-12-6-5-11(23)7-15(12)28-16/h1-7,13,23H,8-9H2,(H,24,25)/t13-/m1/s1. The maximum atomic E-state index is 16.2. The van der Waals surface area contributed by atoms with E-state index in [2.05, 4.69) is 9.98 Å². The van der Waals surface area contributed by atoms with Crippen LogP contribution < -0.4 is 0 Å². The molecule has 1 aliphatic heterocycles. The number of nitrogens with zero attached hydrogens (tertiary/aromatic N) is 3. The lowest BCUT2D eigenvalue weighted by molar-refractivity contribution is -0.385. The molecule has 0 amide bonds. The summed E-state index contributed by atoms with van der Waals surface area (Å²) < 4.78 is 16.8. The van der Waals surface area contributed by atoms with Crippen molar-refractivity contribution in [2.24, 2.45) is 4.99 Å².